The van der Waals surface area contributed by atoms with Gasteiger partial charge in [-0.25, -0.2) is 0 Å². The van der Waals surface area contributed by atoms with Crippen LogP contribution >= 0.6 is 0 Å². The van der Waals surface area contributed by atoms with Gasteiger partial charge in [0.25, 0.3) is 0 Å². The second-order valence-corrected chi connectivity index (χ2v) is 6.26. The molecule has 2 aliphatic rings. The van der Waals surface area contributed by atoms with Gasteiger partial charge >= 0.3 is 5.97 Å². The van der Waals surface area contributed by atoms with Gasteiger partial charge in [0.15, 0.2) is 0 Å². The quantitative estimate of drug-likeness (QED) is 0.572. The Balaban J connectivity index is 2.12. The van der Waals surface area contributed by atoms with Gasteiger partial charge in [0.2, 0.25) is 0 Å². The number of carbonyl (C=O) groups excluding carboxylic acids is 1. The Kier molecular flexibility index (Phi) is 3.81. The van der Waals surface area contributed by atoms with E-state index < -0.39 is 0 Å². The Bertz CT molecular complexity index is 359. The fraction of sp³-hybridized carbons (Fsp3) is 0.800. The fourth-order valence-electron chi connectivity index (χ4n) is 3.19. The van der Waals surface area contributed by atoms with Gasteiger partial charge in [0.05, 0.1) is 19.3 Å². The van der Waals surface area contributed by atoms with Crippen LogP contribution in [-0.4, -0.2) is 25.3 Å². The molecule has 1 aliphatic carbocycles. The van der Waals surface area contributed by atoms with Gasteiger partial charge in [0.1, 0.15) is 0 Å². The first-order valence-corrected chi connectivity index (χ1v) is 6.85. The zero-order valence-electron chi connectivity index (χ0n) is 11.9. The minimum absolute atomic E-state index is 0.0151. The predicted molar refractivity (Wildman–Crippen MR) is 70.1 cm³/mol. The third-order valence-electron chi connectivity index (χ3n) is 4.31. The number of ether oxygens (including phenoxy) is 2. The average molecular weight is 252 g/mol. The summed E-state index contributed by atoms with van der Waals surface area (Å²) >= 11 is 0. The fourth-order valence-corrected chi connectivity index (χ4v) is 3.19. The van der Waals surface area contributed by atoms with Crippen molar-refractivity contribution in [1.29, 1.82) is 0 Å². The Morgan fingerprint density at radius 3 is 2.94 bits per heavy atom. The molecule has 0 radical (unpaired) electrons. The van der Waals surface area contributed by atoms with Gasteiger partial charge in [-0.2, -0.15) is 0 Å². The van der Waals surface area contributed by atoms with E-state index in [0.29, 0.717) is 31.2 Å². The van der Waals surface area contributed by atoms with E-state index in [-0.39, 0.29) is 11.4 Å². The number of hydrogen-bond acceptors (Lipinski definition) is 3. The number of rotatable bonds is 3. The monoisotopic (exact) mass is 252 g/mol. The maximum absolute atomic E-state index is 11.0. The molecule has 2 bridgehead atoms. The van der Waals surface area contributed by atoms with E-state index in [1.54, 1.807) is 0 Å². The molecule has 0 amide bonds. The van der Waals surface area contributed by atoms with Crippen LogP contribution in [0.15, 0.2) is 11.6 Å². The largest absolute Gasteiger partial charge is 0.465 e. The Hall–Kier alpha value is -0.830. The summed E-state index contributed by atoms with van der Waals surface area (Å²) in [5.41, 5.74) is 1.45. The summed E-state index contributed by atoms with van der Waals surface area (Å²) in [6.07, 6.45) is 4.68. The third-order valence-corrected chi connectivity index (χ3v) is 4.31. The van der Waals surface area contributed by atoms with Crippen LogP contribution in [0.1, 0.15) is 40.5 Å². The predicted octanol–water partition coefficient (Wildman–Crippen LogP) is 2.95. The average Bonchev–Trinajstić information content (AvgIpc) is 2.32. The van der Waals surface area contributed by atoms with Crippen LogP contribution in [0.2, 0.25) is 0 Å². The van der Waals surface area contributed by atoms with Crippen molar-refractivity contribution in [2.45, 2.75) is 46.6 Å². The number of carbonyl (C=O) groups is 1. The third kappa shape index (κ3) is 2.61. The minimum atomic E-state index is -0.196. The summed E-state index contributed by atoms with van der Waals surface area (Å²) in [7, 11) is 0. The van der Waals surface area contributed by atoms with Crippen molar-refractivity contribution in [3.05, 3.63) is 11.6 Å². The highest BCUT2D eigenvalue weighted by Gasteiger charge is 2.45. The smallest absolute Gasteiger partial charge is 0.302 e. The maximum Gasteiger partial charge on any atom is 0.302 e. The second kappa shape index (κ2) is 5.04. The molecule has 3 nitrogen and oxygen atoms in total. The molecule has 0 aromatic rings. The summed E-state index contributed by atoms with van der Waals surface area (Å²) in [6, 6.07) is 0. The van der Waals surface area contributed by atoms with E-state index in [9.17, 15) is 4.79 Å². The van der Waals surface area contributed by atoms with Crippen molar-refractivity contribution in [3.8, 4) is 0 Å². The molecule has 0 N–H and O–H groups in total. The van der Waals surface area contributed by atoms with Crippen molar-refractivity contribution in [2.75, 3.05) is 13.2 Å². The van der Waals surface area contributed by atoms with Crippen molar-refractivity contribution in [2.24, 2.45) is 17.3 Å². The SMILES string of the molecule is CC(=O)OC[C@@]12CC=C(C)[C@H](C1)[C@H](C(C)C)OC2. The van der Waals surface area contributed by atoms with Crippen molar-refractivity contribution < 1.29 is 14.3 Å². The summed E-state index contributed by atoms with van der Waals surface area (Å²) in [6.45, 7) is 9.30. The van der Waals surface area contributed by atoms with Crippen LogP contribution in [-0.2, 0) is 14.3 Å². The molecule has 3 atom stereocenters. The molecule has 102 valence electrons. The van der Waals surface area contributed by atoms with E-state index in [2.05, 4.69) is 26.8 Å². The highest BCUT2D eigenvalue weighted by molar-refractivity contribution is 5.65. The summed E-state index contributed by atoms with van der Waals surface area (Å²) in [5, 5.41) is 0. The van der Waals surface area contributed by atoms with Crippen LogP contribution in [0.3, 0.4) is 0 Å². The van der Waals surface area contributed by atoms with Gasteiger partial charge in [-0.15, -0.1) is 0 Å². The first-order chi connectivity index (χ1) is 8.43. The normalized spacial score (nSPS) is 35.3. The molecule has 0 spiro atoms. The Labute approximate surface area is 110 Å². The summed E-state index contributed by atoms with van der Waals surface area (Å²) in [4.78, 5) is 11.0. The van der Waals surface area contributed by atoms with Crippen LogP contribution in [0.4, 0.5) is 0 Å². The second-order valence-electron chi connectivity index (χ2n) is 6.26. The molecule has 1 saturated heterocycles. The number of fused-ring (bicyclic) bond motifs is 2. The van der Waals surface area contributed by atoms with E-state index in [1.165, 1.54) is 12.5 Å². The Morgan fingerprint density at radius 2 is 2.33 bits per heavy atom. The molecule has 0 aromatic heterocycles. The maximum atomic E-state index is 11.0. The van der Waals surface area contributed by atoms with Crippen LogP contribution in [0.25, 0.3) is 0 Å². The standard InChI is InChI=1S/C15H24O3/c1-10(2)14-13-7-15(9-18-14,6-5-11(13)3)8-17-12(4)16/h5,10,13-14H,6-9H2,1-4H3/t13-,14-,15+/m0/s1. The first-order valence-electron chi connectivity index (χ1n) is 6.85. The molecule has 3 heteroatoms. The lowest BCUT2D eigenvalue weighted by Gasteiger charge is -2.48. The zero-order valence-corrected chi connectivity index (χ0v) is 11.9. The zero-order chi connectivity index (χ0) is 13.3. The van der Waals surface area contributed by atoms with Gasteiger partial charge in [-0.3, -0.25) is 4.79 Å². The van der Waals surface area contributed by atoms with Gasteiger partial charge in [-0.05, 0) is 25.7 Å². The van der Waals surface area contributed by atoms with Crippen LogP contribution in [0, 0.1) is 17.3 Å². The van der Waals surface area contributed by atoms with Crippen molar-refractivity contribution in [1.82, 2.24) is 0 Å². The molecular weight excluding hydrogens is 228 g/mol. The van der Waals surface area contributed by atoms with Crippen molar-refractivity contribution in [3.63, 3.8) is 0 Å². The minimum Gasteiger partial charge on any atom is -0.465 e. The van der Waals surface area contributed by atoms with E-state index in [0.717, 1.165) is 12.8 Å². The molecule has 2 rings (SSSR count). The lowest BCUT2D eigenvalue weighted by atomic mass is 9.66. The van der Waals surface area contributed by atoms with Crippen LogP contribution < -0.4 is 0 Å². The topological polar surface area (TPSA) is 35.5 Å². The molecule has 0 saturated carbocycles. The molecule has 1 heterocycles. The lowest BCUT2D eigenvalue weighted by Crippen LogP contribution is -2.48. The van der Waals surface area contributed by atoms with Gasteiger partial charge < -0.3 is 9.47 Å². The summed E-state index contributed by atoms with van der Waals surface area (Å²) < 4.78 is 11.3. The lowest BCUT2D eigenvalue weighted by molar-refractivity contribution is -0.158. The highest BCUT2D eigenvalue weighted by Crippen LogP contribution is 2.46. The molecule has 0 unspecified atom stereocenters. The number of esters is 1. The Morgan fingerprint density at radius 1 is 1.61 bits per heavy atom. The highest BCUT2D eigenvalue weighted by atomic mass is 16.5. The molecule has 1 fully saturated rings. The number of hydrogen-bond donors (Lipinski definition) is 0. The van der Waals surface area contributed by atoms with Gasteiger partial charge in [-0.1, -0.05) is 25.5 Å². The molecule has 1 aliphatic heterocycles. The van der Waals surface area contributed by atoms with Gasteiger partial charge in [0, 0.05) is 18.3 Å². The molecule has 0 aromatic carbocycles. The van der Waals surface area contributed by atoms with E-state index in [4.69, 9.17) is 9.47 Å². The van der Waals surface area contributed by atoms with Crippen LogP contribution in [0.5, 0.6) is 0 Å². The first kappa shape index (κ1) is 13.6. The molecule has 18 heavy (non-hydrogen) atoms. The van der Waals surface area contributed by atoms with E-state index >= 15 is 0 Å². The summed E-state index contributed by atoms with van der Waals surface area (Å²) in [5.74, 6) is 0.824. The number of allylic oxidation sites excluding steroid dienone is 1. The van der Waals surface area contributed by atoms with Crippen molar-refractivity contribution >= 4 is 5.97 Å². The molecular formula is C15H24O3. The van der Waals surface area contributed by atoms with E-state index in [1.807, 2.05) is 0 Å².